The summed E-state index contributed by atoms with van der Waals surface area (Å²) in [6, 6.07) is 8.28. The molecule has 3 N–H and O–H groups in total. The Hall–Kier alpha value is -2.96. The van der Waals surface area contributed by atoms with Gasteiger partial charge < -0.3 is 15.7 Å². The van der Waals surface area contributed by atoms with Crippen LogP contribution in [0, 0.1) is 0 Å². The van der Waals surface area contributed by atoms with Crippen molar-refractivity contribution in [3.05, 3.63) is 42.4 Å². The van der Waals surface area contributed by atoms with Gasteiger partial charge in [0.1, 0.15) is 12.1 Å². The van der Waals surface area contributed by atoms with E-state index in [9.17, 15) is 9.59 Å². The molecule has 0 spiro atoms. The van der Waals surface area contributed by atoms with Gasteiger partial charge in [-0.15, -0.1) is 0 Å². The normalized spacial score (nSPS) is 9.85. The second kappa shape index (κ2) is 5.79. The van der Waals surface area contributed by atoms with E-state index in [4.69, 9.17) is 5.11 Å². The van der Waals surface area contributed by atoms with E-state index in [1.807, 2.05) is 0 Å². The fourth-order valence-electron chi connectivity index (χ4n) is 1.53. The van der Waals surface area contributed by atoms with Gasteiger partial charge in [0.05, 0.1) is 0 Å². The lowest BCUT2D eigenvalue weighted by molar-refractivity contribution is -0.114. The highest BCUT2D eigenvalue weighted by molar-refractivity contribution is 5.89. The first-order chi connectivity index (χ1) is 9.54. The van der Waals surface area contributed by atoms with Crippen molar-refractivity contribution in [2.24, 2.45) is 0 Å². The van der Waals surface area contributed by atoms with Crippen molar-refractivity contribution in [2.75, 3.05) is 10.6 Å². The number of carboxylic acid groups (broad SMARTS) is 1. The van der Waals surface area contributed by atoms with Crippen LogP contribution in [0.2, 0.25) is 0 Å². The highest BCUT2D eigenvalue weighted by atomic mass is 16.4. The zero-order valence-electron chi connectivity index (χ0n) is 10.6. The minimum atomic E-state index is -1.11. The van der Waals surface area contributed by atoms with Crippen molar-refractivity contribution in [3.8, 4) is 0 Å². The van der Waals surface area contributed by atoms with Gasteiger partial charge in [-0.2, -0.15) is 0 Å². The Balaban J connectivity index is 2.11. The molecule has 1 aromatic heterocycles. The van der Waals surface area contributed by atoms with Gasteiger partial charge in [-0.3, -0.25) is 4.79 Å². The lowest BCUT2D eigenvalue weighted by atomic mass is 10.2. The second-order valence-electron chi connectivity index (χ2n) is 3.98. The fourth-order valence-corrected chi connectivity index (χ4v) is 1.53. The van der Waals surface area contributed by atoms with Crippen molar-refractivity contribution in [1.82, 2.24) is 9.97 Å². The summed E-state index contributed by atoms with van der Waals surface area (Å²) < 4.78 is 0. The van der Waals surface area contributed by atoms with Gasteiger partial charge in [0, 0.05) is 24.4 Å². The number of nitrogens with one attached hydrogen (secondary N) is 2. The molecule has 1 amide bonds. The maximum absolute atomic E-state index is 10.9. The van der Waals surface area contributed by atoms with Crippen molar-refractivity contribution in [2.45, 2.75) is 6.92 Å². The molecule has 2 aromatic rings. The van der Waals surface area contributed by atoms with Crippen LogP contribution in [0.3, 0.4) is 0 Å². The molecule has 0 aliphatic rings. The molecule has 2 rings (SSSR count). The van der Waals surface area contributed by atoms with E-state index < -0.39 is 5.97 Å². The minimum absolute atomic E-state index is 0.0858. The van der Waals surface area contributed by atoms with Crippen LogP contribution >= 0.6 is 0 Å². The minimum Gasteiger partial charge on any atom is -0.477 e. The number of aromatic carboxylic acids is 1. The SMILES string of the molecule is CC(=O)Nc1ccc(Nc2cc(C(=O)O)ncn2)cc1. The molecule has 1 aromatic carbocycles. The van der Waals surface area contributed by atoms with Gasteiger partial charge in [0.25, 0.3) is 0 Å². The first kappa shape index (κ1) is 13.5. The molecule has 0 bridgehead atoms. The van der Waals surface area contributed by atoms with Gasteiger partial charge in [-0.1, -0.05) is 0 Å². The summed E-state index contributed by atoms with van der Waals surface area (Å²) in [5, 5.41) is 14.4. The van der Waals surface area contributed by atoms with Crippen LogP contribution in [0.15, 0.2) is 36.7 Å². The topological polar surface area (TPSA) is 104 Å². The number of benzene rings is 1. The van der Waals surface area contributed by atoms with Crippen LogP contribution < -0.4 is 10.6 Å². The highest BCUT2D eigenvalue weighted by Crippen LogP contribution is 2.17. The zero-order chi connectivity index (χ0) is 14.5. The second-order valence-corrected chi connectivity index (χ2v) is 3.98. The number of carboxylic acids is 1. The number of aromatic nitrogens is 2. The van der Waals surface area contributed by atoms with Gasteiger partial charge in [0.15, 0.2) is 5.69 Å². The van der Waals surface area contributed by atoms with Gasteiger partial charge in [-0.05, 0) is 24.3 Å². The first-order valence-electron chi connectivity index (χ1n) is 5.74. The van der Waals surface area contributed by atoms with Gasteiger partial charge in [-0.25, -0.2) is 14.8 Å². The molecule has 0 aliphatic heterocycles. The quantitative estimate of drug-likeness (QED) is 0.785. The van der Waals surface area contributed by atoms with E-state index in [1.54, 1.807) is 24.3 Å². The third kappa shape index (κ3) is 3.52. The number of anilines is 3. The number of hydrogen-bond donors (Lipinski definition) is 3. The van der Waals surface area contributed by atoms with E-state index in [1.165, 1.54) is 19.3 Å². The molecule has 0 radical (unpaired) electrons. The van der Waals surface area contributed by atoms with Crippen LogP contribution in [-0.4, -0.2) is 27.0 Å². The number of carbonyl (C=O) groups excluding carboxylic acids is 1. The maximum Gasteiger partial charge on any atom is 0.354 e. The average Bonchev–Trinajstić information content (AvgIpc) is 2.41. The van der Waals surface area contributed by atoms with Crippen molar-refractivity contribution in [1.29, 1.82) is 0 Å². The monoisotopic (exact) mass is 272 g/mol. The van der Waals surface area contributed by atoms with Crippen molar-refractivity contribution < 1.29 is 14.7 Å². The molecule has 7 heteroatoms. The molecule has 0 saturated carbocycles. The molecule has 0 fully saturated rings. The molecule has 102 valence electrons. The lowest BCUT2D eigenvalue weighted by Crippen LogP contribution is -2.05. The largest absolute Gasteiger partial charge is 0.477 e. The molecule has 0 unspecified atom stereocenters. The summed E-state index contributed by atoms with van der Waals surface area (Å²) in [4.78, 5) is 29.2. The number of nitrogens with zero attached hydrogens (tertiary/aromatic N) is 2. The third-order valence-electron chi connectivity index (χ3n) is 2.36. The number of carbonyl (C=O) groups is 2. The summed E-state index contributed by atoms with van der Waals surface area (Å²) in [7, 11) is 0. The summed E-state index contributed by atoms with van der Waals surface area (Å²) in [5.41, 5.74) is 1.31. The van der Waals surface area contributed by atoms with Crippen LogP contribution in [0.4, 0.5) is 17.2 Å². The Morgan fingerprint density at radius 3 is 2.35 bits per heavy atom. The number of hydrogen-bond acceptors (Lipinski definition) is 5. The smallest absolute Gasteiger partial charge is 0.354 e. The molecule has 7 nitrogen and oxygen atoms in total. The van der Waals surface area contributed by atoms with E-state index in [0.717, 1.165) is 0 Å². The van der Waals surface area contributed by atoms with E-state index in [0.29, 0.717) is 17.2 Å². The Morgan fingerprint density at radius 2 is 1.75 bits per heavy atom. The summed E-state index contributed by atoms with van der Waals surface area (Å²) in [6.07, 6.45) is 1.18. The zero-order valence-corrected chi connectivity index (χ0v) is 10.6. The van der Waals surface area contributed by atoms with Crippen LogP contribution in [0.25, 0.3) is 0 Å². The standard InChI is InChI=1S/C13H12N4O3/c1-8(18)16-9-2-4-10(5-3-9)17-12-6-11(13(19)20)14-7-15-12/h2-7H,1H3,(H,16,18)(H,19,20)(H,14,15,17). The Morgan fingerprint density at radius 1 is 1.10 bits per heavy atom. The van der Waals surface area contributed by atoms with Gasteiger partial charge >= 0.3 is 5.97 Å². The predicted octanol–water partition coefficient (Wildman–Crippen LogP) is 1.88. The Kier molecular flexibility index (Phi) is 3.90. The first-order valence-corrected chi connectivity index (χ1v) is 5.74. The van der Waals surface area contributed by atoms with Crippen LogP contribution in [-0.2, 0) is 4.79 Å². The number of rotatable bonds is 4. The molecule has 0 aliphatic carbocycles. The average molecular weight is 272 g/mol. The molecular weight excluding hydrogens is 260 g/mol. The van der Waals surface area contributed by atoms with Crippen LogP contribution in [0.5, 0.6) is 0 Å². The third-order valence-corrected chi connectivity index (χ3v) is 2.36. The van der Waals surface area contributed by atoms with E-state index >= 15 is 0 Å². The Labute approximate surface area is 114 Å². The lowest BCUT2D eigenvalue weighted by Gasteiger charge is -2.07. The molecular formula is C13H12N4O3. The maximum atomic E-state index is 10.9. The van der Waals surface area contributed by atoms with Crippen molar-refractivity contribution >= 4 is 29.1 Å². The fraction of sp³-hybridized carbons (Fsp3) is 0.0769. The van der Waals surface area contributed by atoms with E-state index in [-0.39, 0.29) is 11.6 Å². The molecule has 0 saturated heterocycles. The Bertz CT molecular complexity index is 640. The highest BCUT2D eigenvalue weighted by Gasteiger charge is 2.06. The summed E-state index contributed by atoms with van der Waals surface area (Å²) in [5.74, 6) is -0.881. The molecule has 0 atom stereocenters. The summed E-state index contributed by atoms with van der Waals surface area (Å²) in [6.45, 7) is 1.43. The van der Waals surface area contributed by atoms with Crippen LogP contribution in [0.1, 0.15) is 17.4 Å². The van der Waals surface area contributed by atoms with Crippen molar-refractivity contribution in [3.63, 3.8) is 0 Å². The molecule has 20 heavy (non-hydrogen) atoms. The molecule has 1 heterocycles. The summed E-state index contributed by atoms with van der Waals surface area (Å²) >= 11 is 0. The predicted molar refractivity (Wildman–Crippen MR) is 73.0 cm³/mol. The van der Waals surface area contributed by atoms with Gasteiger partial charge in [0.2, 0.25) is 5.91 Å². The van der Waals surface area contributed by atoms with E-state index in [2.05, 4.69) is 20.6 Å². The number of amides is 1.